The van der Waals surface area contributed by atoms with Gasteiger partial charge in [0.25, 0.3) is 0 Å². The zero-order valence-electron chi connectivity index (χ0n) is 12.5. The Hall–Kier alpha value is -0.610. The molecule has 2 rings (SSSR count). The second-order valence-corrected chi connectivity index (χ2v) is 6.58. The van der Waals surface area contributed by atoms with E-state index in [2.05, 4.69) is 42.3 Å². The van der Waals surface area contributed by atoms with Crippen molar-refractivity contribution in [2.75, 3.05) is 12.8 Å². The van der Waals surface area contributed by atoms with E-state index in [-0.39, 0.29) is 0 Å². The molecule has 1 unspecified atom stereocenters. The minimum absolute atomic E-state index is 0.646. The Kier molecular flexibility index (Phi) is 5.22. The number of nitrogens with zero attached hydrogens (tertiary/aromatic N) is 2. The van der Waals surface area contributed by atoms with E-state index in [0.29, 0.717) is 5.92 Å². The van der Waals surface area contributed by atoms with E-state index in [1.54, 1.807) is 11.8 Å². The quantitative estimate of drug-likeness (QED) is 0.833. The van der Waals surface area contributed by atoms with Crippen molar-refractivity contribution in [1.82, 2.24) is 15.3 Å². The van der Waals surface area contributed by atoms with Gasteiger partial charge < -0.3 is 5.32 Å². The molecule has 1 aliphatic rings. The maximum Gasteiger partial charge on any atom is 0.138 e. The summed E-state index contributed by atoms with van der Waals surface area (Å²) in [4.78, 5) is 9.26. The summed E-state index contributed by atoms with van der Waals surface area (Å²) >= 11 is 1.78. The highest BCUT2D eigenvalue weighted by atomic mass is 32.2. The molecule has 106 valence electrons. The predicted molar refractivity (Wildman–Crippen MR) is 82.6 cm³/mol. The van der Waals surface area contributed by atoms with Gasteiger partial charge in [-0.05, 0) is 57.4 Å². The lowest BCUT2D eigenvalue weighted by molar-refractivity contribution is 0.505. The number of thioether (sulfide) groups is 1. The molecule has 3 nitrogen and oxygen atoms in total. The first kappa shape index (κ1) is 14.8. The Labute approximate surface area is 121 Å². The van der Waals surface area contributed by atoms with Gasteiger partial charge in [0.2, 0.25) is 0 Å². The van der Waals surface area contributed by atoms with Crippen molar-refractivity contribution in [3.8, 4) is 0 Å². The molecular formula is C15H25N3S. The highest BCUT2D eigenvalue weighted by Crippen LogP contribution is 2.20. The van der Waals surface area contributed by atoms with E-state index in [1.807, 2.05) is 0 Å². The summed E-state index contributed by atoms with van der Waals surface area (Å²) in [5.41, 5.74) is 3.67. The average Bonchev–Trinajstić information content (AvgIpc) is 3.16. The highest BCUT2D eigenvalue weighted by molar-refractivity contribution is 7.97. The van der Waals surface area contributed by atoms with E-state index in [0.717, 1.165) is 42.0 Å². The van der Waals surface area contributed by atoms with Crippen molar-refractivity contribution in [2.24, 2.45) is 5.92 Å². The lowest BCUT2D eigenvalue weighted by Crippen LogP contribution is -2.25. The van der Waals surface area contributed by atoms with Crippen molar-refractivity contribution in [1.29, 1.82) is 0 Å². The van der Waals surface area contributed by atoms with Crippen LogP contribution in [-0.2, 0) is 12.2 Å². The standard InChI is InChI=1S/C15H25N3S/c1-10(8-16-13-5-6-13)7-14-11(2)17-15(9-19-4)18-12(14)3/h10,13,16H,5-9H2,1-4H3. The molecule has 1 atom stereocenters. The maximum absolute atomic E-state index is 4.63. The topological polar surface area (TPSA) is 37.8 Å². The van der Waals surface area contributed by atoms with E-state index in [1.165, 1.54) is 18.4 Å². The molecule has 4 heteroatoms. The van der Waals surface area contributed by atoms with E-state index < -0.39 is 0 Å². The minimum atomic E-state index is 0.646. The van der Waals surface area contributed by atoms with Gasteiger partial charge in [-0.25, -0.2) is 9.97 Å². The third-order valence-corrected chi connectivity index (χ3v) is 4.17. The molecule has 0 saturated heterocycles. The van der Waals surface area contributed by atoms with E-state index in [9.17, 15) is 0 Å². The van der Waals surface area contributed by atoms with Crippen LogP contribution in [-0.4, -0.2) is 28.8 Å². The van der Waals surface area contributed by atoms with Gasteiger partial charge in [0.1, 0.15) is 5.82 Å². The first-order chi connectivity index (χ1) is 9.10. The summed E-state index contributed by atoms with van der Waals surface area (Å²) in [6, 6.07) is 0.796. The first-order valence-corrected chi connectivity index (χ1v) is 8.54. The second kappa shape index (κ2) is 6.71. The lowest BCUT2D eigenvalue weighted by Gasteiger charge is -2.16. The summed E-state index contributed by atoms with van der Waals surface area (Å²) in [5, 5.41) is 3.60. The van der Waals surface area contributed by atoms with Crippen LogP contribution in [0.3, 0.4) is 0 Å². The van der Waals surface area contributed by atoms with Crippen molar-refractivity contribution < 1.29 is 0 Å². The molecule has 1 saturated carbocycles. The molecule has 1 aliphatic carbocycles. The van der Waals surface area contributed by atoms with Crippen LogP contribution in [0, 0.1) is 19.8 Å². The van der Waals surface area contributed by atoms with Gasteiger partial charge in [-0.15, -0.1) is 0 Å². The molecule has 1 heterocycles. The number of nitrogens with one attached hydrogen (secondary N) is 1. The van der Waals surface area contributed by atoms with Crippen molar-refractivity contribution in [3.63, 3.8) is 0 Å². The molecule has 0 spiro atoms. The zero-order chi connectivity index (χ0) is 13.8. The Morgan fingerprint density at radius 2 is 1.89 bits per heavy atom. The first-order valence-electron chi connectivity index (χ1n) is 7.15. The van der Waals surface area contributed by atoms with Crippen LogP contribution in [0.5, 0.6) is 0 Å². The van der Waals surface area contributed by atoms with Crippen LogP contribution in [0.4, 0.5) is 0 Å². The van der Waals surface area contributed by atoms with Gasteiger partial charge >= 0.3 is 0 Å². The SMILES string of the molecule is CSCc1nc(C)c(CC(C)CNC2CC2)c(C)n1. The third-order valence-electron chi connectivity index (χ3n) is 3.63. The number of hydrogen-bond donors (Lipinski definition) is 1. The zero-order valence-corrected chi connectivity index (χ0v) is 13.3. The van der Waals surface area contributed by atoms with Crippen molar-refractivity contribution in [3.05, 3.63) is 22.8 Å². The Morgan fingerprint density at radius 3 is 2.42 bits per heavy atom. The molecule has 1 N–H and O–H groups in total. The summed E-state index contributed by atoms with van der Waals surface area (Å²) in [5.74, 6) is 2.52. The fourth-order valence-corrected chi connectivity index (χ4v) is 2.76. The van der Waals surface area contributed by atoms with Crippen LogP contribution in [0.25, 0.3) is 0 Å². The van der Waals surface area contributed by atoms with Crippen LogP contribution in [0.1, 0.15) is 42.5 Å². The molecule has 19 heavy (non-hydrogen) atoms. The largest absolute Gasteiger partial charge is 0.314 e. The summed E-state index contributed by atoms with van der Waals surface area (Å²) in [7, 11) is 0. The molecule has 0 aliphatic heterocycles. The van der Waals surface area contributed by atoms with E-state index in [4.69, 9.17) is 0 Å². The average molecular weight is 279 g/mol. The van der Waals surface area contributed by atoms with Gasteiger partial charge in [0.05, 0.1) is 5.75 Å². The third kappa shape index (κ3) is 4.46. The van der Waals surface area contributed by atoms with Gasteiger partial charge in [0.15, 0.2) is 0 Å². The molecular weight excluding hydrogens is 254 g/mol. The normalized spacial score (nSPS) is 16.6. The van der Waals surface area contributed by atoms with E-state index >= 15 is 0 Å². The fraction of sp³-hybridized carbons (Fsp3) is 0.733. The number of rotatable bonds is 7. The molecule has 0 amide bonds. The molecule has 0 radical (unpaired) electrons. The number of aryl methyl sites for hydroxylation is 2. The summed E-state index contributed by atoms with van der Waals surface area (Å²) < 4.78 is 0. The molecule has 0 bridgehead atoms. The predicted octanol–water partition coefficient (Wildman–Crippen LogP) is 2.89. The van der Waals surface area contributed by atoms with Crippen LogP contribution < -0.4 is 5.32 Å². The fourth-order valence-electron chi connectivity index (χ4n) is 2.37. The van der Waals surface area contributed by atoms with Crippen LogP contribution in [0.2, 0.25) is 0 Å². The Bertz CT molecular complexity index is 406. The molecule has 1 aromatic rings. The van der Waals surface area contributed by atoms with Gasteiger partial charge in [0, 0.05) is 17.4 Å². The molecule has 1 aromatic heterocycles. The van der Waals surface area contributed by atoms with Crippen molar-refractivity contribution >= 4 is 11.8 Å². The minimum Gasteiger partial charge on any atom is -0.314 e. The molecule has 1 fully saturated rings. The van der Waals surface area contributed by atoms with Crippen LogP contribution in [0.15, 0.2) is 0 Å². The second-order valence-electron chi connectivity index (χ2n) is 5.71. The monoisotopic (exact) mass is 279 g/mol. The Balaban J connectivity index is 1.97. The maximum atomic E-state index is 4.63. The van der Waals surface area contributed by atoms with Crippen LogP contribution >= 0.6 is 11.8 Å². The Morgan fingerprint density at radius 1 is 1.26 bits per heavy atom. The van der Waals surface area contributed by atoms with Crippen molar-refractivity contribution in [2.45, 2.75) is 51.8 Å². The highest BCUT2D eigenvalue weighted by Gasteiger charge is 2.21. The molecule has 0 aromatic carbocycles. The van der Waals surface area contributed by atoms with Gasteiger partial charge in [-0.1, -0.05) is 6.92 Å². The number of aromatic nitrogens is 2. The van der Waals surface area contributed by atoms with Gasteiger partial charge in [-0.2, -0.15) is 11.8 Å². The summed E-state index contributed by atoms with van der Waals surface area (Å²) in [6.07, 6.45) is 5.89. The van der Waals surface area contributed by atoms with Gasteiger partial charge in [-0.3, -0.25) is 0 Å². The smallest absolute Gasteiger partial charge is 0.138 e. The summed E-state index contributed by atoms with van der Waals surface area (Å²) in [6.45, 7) is 7.66. The number of hydrogen-bond acceptors (Lipinski definition) is 4. The lowest BCUT2D eigenvalue weighted by atomic mass is 9.98.